The maximum atomic E-state index is 2.63. The molecule has 0 aliphatic carbocycles. The van der Waals surface area contributed by atoms with Gasteiger partial charge in [0.15, 0.2) is 0 Å². The van der Waals surface area contributed by atoms with E-state index in [1.54, 1.807) is 0 Å². The minimum Gasteiger partial charge on any atom is -0.303 e. The molecule has 14 heavy (non-hydrogen) atoms. The molecule has 0 rings (SSSR count). The summed E-state index contributed by atoms with van der Waals surface area (Å²) in [6.07, 6.45) is 4.01. The minimum atomic E-state index is 0.805. The van der Waals surface area contributed by atoms with Crippen LogP contribution in [-0.4, -0.2) is 24.5 Å². The topological polar surface area (TPSA) is 3.24 Å². The number of hydrogen-bond donors (Lipinski definition) is 0. The van der Waals surface area contributed by atoms with Gasteiger partial charge in [-0.1, -0.05) is 41.0 Å². The van der Waals surface area contributed by atoms with Crippen LogP contribution in [0.4, 0.5) is 0 Å². The number of nitrogens with zero attached hydrogens (tertiary/aromatic N) is 1. The van der Waals surface area contributed by atoms with Crippen molar-refractivity contribution in [2.45, 2.75) is 53.9 Å². The molecule has 86 valence electrons. The minimum absolute atomic E-state index is 0.805. The number of rotatable bonds is 8. The summed E-state index contributed by atoms with van der Waals surface area (Å²) in [6.45, 7) is 15.4. The zero-order valence-electron chi connectivity index (χ0n) is 10.8. The van der Waals surface area contributed by atoms with Gasteiger partial charge in [0, 0.05) is 6.54 Å². The van der Waals surface area contributed by atoms with Gasteiger partial charge in [-0.2, -0.15) is 0 Å². The standard InChI is InChI=1S/C13H29N/c1-6-7-9-14(11-13(4)5)10-8-12(2)3/h12-13H,6-11H2,1-5H3. The van der Waals surface area contributed by atoms with Crippen LogP contribution in [-0.2, 0) is 0 Å². The molecule has 0 saturated carbocycles. The average Bonchev–Trinajstić information content (AvgIpc) is 2.09. The van der Waals surface area contributed by atoms with Gasteiger partial charge in [0.1, 0.15) is 0 Å². The fourth-order valence-corrected chi connectivity index (χ4v) is 1.63. The lowest BCUT2D eigenvalue weighted by Gasteiger charge is -2.24. The summed E-state index contributed by atoms with van der Waals surface area (Å²) in [5, 5.41) is 0. The van der Waals surface area contributed by atoms with E-state index in [0.29, 0.717) is 0 Å². The van der Waals surface area contributed by atoms with Gasteiger partial charge in [-0.05, 0) is 37.8 Å². The van der Waals surface area contributed by atoms with Crippen LogP contribution in [0.25, 0.3) is 0 Å². The molecule has 0 aromatic carbocycles. The second-order valence-corrected chi connectivity index (χ2v) is 5.23. The Kier molecular flexibility index (Phi) is 8.26. The molecule has 0 aromatic heterocycles. The molecule has 0 saturated heterocycles. The molecule has 0 bridgehead atoms. The van der Waals surface area contributed by atoms with E-state index in [-0.39, 0.29) is 0 Å². The summed E-state index contributed by atoms with van der Waals surface area (Å²) in [7, 11) is 0. The van der Waals surface area contributed by atoms with Crippen molar-refractivity contribution in [3.05, 3.63) is 0 Å². The largest absolute Gasteiger partial charge is 0.303 e. The Morgan fingerprint density at radius 2 is 1.57 bits per heavy atom. The molecule has 0 spiro atoms. The van der Waals surface area contributed by atoms with E-state index in [9.17, 15) is 0 Å². The Bertz CT molecular complexity index is 118. The van der Waals surface area contributed by atoms with Crippen molar-refractivity contribution < 1.29 is 0 Å². The maximum absolute atomic E-state index is 2.63. The Hall–Kier alpha value is -0.0400. The molecule has 0 aliphatic rings. The van der Waals surface area contributed by atoms with Crippen molar-refractivity contribution in [2.75, 3.05) is 19.6 Å². The smallest absolute Gasteiger partial charge is 0.000438 e. The Labute approximate surface area is 90.9 Å². The van der Waals surface area contributed by atoms with Crippen molar-refractivity contribution in [1.29, 1.82) is 0 Å². The zero-order valence-corrected chi connectivity index (χ0v) is 10.8. The van der Waals surface area contributed by atoms with Gasteiger partial charge >= 0.3 is 0 Å². The predicted octanol–water partition coefficient (Wildman–Crippen LogP) is 3.79. The Morgan fingerprint density at radius 1 is 0.929 bits per heavy atom. The zero-order chi connectivity index (χ0) is 11.0. The quantitative estimate of drug-likeness (QED) is 0.575. The molecule has 1 heteroatoms. The molecule has 0 aliphatic heterocycles. The normalized spacial score (nSPS) is 12.0. The summed E-state index contributed by atoms with van der Waals surface area (Å²) >= 11 is 0. The van der Waals surface area contributed by atoms with E-state index >= 15 is 0 Å². The van der Waals surface area contributed by atoms with E-state index in [4.69, 9.17) is 0 Å². The molecule has 0 unspecified atom stereocenters. The van der Waals surface area contributed by atoms with Gasteiger partial charge in [-0.15, -0.1) is 0 Å². The molecule has 0 amide bonds. The number of unbranched alkanes of at least 4 members (excludes halogenated alkanes) is 1. The van der Waals surface area contributed by atoms with E-state index < -0.39 is 0 Å². The van der Waals surface area contributed by atoms with Crippen LogP contribution in [0.2, 0.25) is 0 Å². The van der Waals surface area contributed by atoms with Crippen molar-refractivity contribution in [2.24, 2.45) is 11.8 Å². The van der Waals surface area contributed by atoms with Gasteiger partial charge in [-0.3, -0.25) is 0 Å². The Morgan fingerprint density at radius 3 is 2.00 bits per heavy atom. The first-order valence-electron chi connectivity index (χ1n) is 6.28. The molecule has 1 nitrogen and oxygen atoms in total. The van der Waals surface area contributed by atoms with Crippen molar-refractivity contribution >= 4 is 0 Å². The van der Waals surface area contributed by atoms with Crippen LogP contribution in [0.15, 0.2) is 0 Å². The third-order valence-electron chi connectivity index (χ3n) is 2.47. The van der Waals surface area contributed by atoms with E-state index in [0.717, 1.165) is 11.8 Å². The SMILES string of the molecule is CCCCN(CCC(C)C)CC(C)C. The number of hydrogen-bond acceptors (Lipinski definition) is 1. The molecule has 0 radical (unpaired) electrons. The first-order valence-corrected chi connectivity index (χ1v) is 6.28. The van der Waals surface area contributed by atoms with Crippen molar-refractivity contribution in [1.82, 2.24) is 4.90 Å². The average molecular weight is 199 g/mol. The van der Waals surface area contributed by atoms with Gasteiger partial charge < -0.3 is 4.90 Å². The highest BCUT2D eigenvalue weighted by Crippen LogP contribution is 2.06. The van der Waals surface area contributed by atoms with Crippen LogP contribution >= 0.6 is 0 Å². The Balaban J connectivity index is 3.72. The van der Waals surface area contributed by atoms with Crippen LogP contribution in [0.5, 0.6) is 0 Å². The molecule has 0 aromatic rings. The summed E-state index contributed by atoms with van der Waals surface area (Å²) in [5.41, 5.74) is 0. The molecular formula is C13H29N. The fraction of sp³-hybridized carbons (Fsp3) is 1.00. The van der Waals surface area contributed by atoms with Crippen LogP contribution < -0.4 is 0 Å². The van der Waals surface area contributed by atoms with Crippen LogP contribution in [0.1, 0.15) is 53.9 Å². The summed E-state index contributed by atoms with van der Waals surface area (Å²) in [4.78, 5) is 2.63. The molecule has 0 N–H and O–H groups in total. The fourth-order valence-electron chi connectivity index (χ4n) is 1.63. The van der Waals surface area contributed by atoms with E-state index in [1.807, 2.05) is 0 Å². The monoisotopic (exact) mass is 199 g/mol. The molecule has 0 heterocycles. The molecule has 0 atom stereocenters. The van der Waals surface area contributed by atoms with Crippen molar-refractivity contribution in [3.63, 3.8) is 0 Å². The predicted molar refractivity (Wildman–Crippen MR) is 65.6 cm³/mol. The van der Waals surface area contributed by atoms with Gasteiger partial charge in [0.2, 0.25) is 0 Å². The first kappa shape index (κ1) is 14.0. The lowest BCUT2D eigenvalue weighted by atomic mass is 10.1. The van der Waals surface area contributed by atoms with E-state index in [1.165, 1.54) is 38.9 Å². The van der Waals surface area contributed by atoms with Crippen LogP contribution in [0, 0.1) is 11.8 Å². The second kappa shape index (κ2) is 8.28. The summed E-state index contributed by atoms with van der Waals surface area (Å²) in [6, 6.07) is 0. The van der Waals surface area contributed by atoms with Crippen LogP contribution in [0.3, 0.4) is 0 Å². The third kappa shape index (κ3) is 8.55. The van der Waals surface area contributed by atoms with Gasteiger partial charge in [0.25, 0.3) is 0 Å². The first-order chi connectivity index (χ1) is 6.56. The summed E-state index contributed by atoms with van der Waals surface area (Å²) in [5.74, 6) is 1.64. The second-order valence-electron chi connectivity index (χ2n) is 5.23. The lowest BCUT2D eigenvalue weighted by molar-refractivity contribution is 0.228. The van der Waals surface area contributed by atoms with E-state index in [2.05, 4.69) is 39.5 Å². The molecule has 0 fully saturated rings. The van der Waals surface area contributed by atoms with Gasteiger partial charge in [-0.25, -0.2) is 0 Å². The lowest BCUT2D eigenvalue weighted by Crippen LogP contribution is -2.30. The van der Waals surface area contributed by atoms with Gasteiger partial charge in [0.05, 0.1) is 0 Å². The van der Waals surface area contributed by atoms with Crippen molar-refractivity contribution in [3.8, 4) is 0 Å². The highest BCUT2D eigenvalue weighted by Gasteiger charge is 2.07. The summed E-state index contributed by atoms with van der Waals surface area (Å²) < 4.78 is 0. The molecular weight excluding hydrogens is 170 g/mol. The third-order valence-corrected chi connectivity index (χ3v) is 2.47. The highest BCUT2D eigenvalue weighted by atomic mass is 15.1. The maximum Gasteiger partial charge on any atom is 0.000438 e. The highest BCUT2D eigenvalue weighted by molar-refractivity contribution is 4.61.